The van der Waals surface area contributed by atoms with Gasteiger partial charge in [-0.25, -0.2) is 0 Å². The van der Waals surface area contributed by atoms with E-state index < -0.39 is 0 Å². The molecule has 1 aromatic rings. The largest absolute Gasteiger partial charge is 0.493 e. The highest BCUT2D eigenvalue weighted by Crippen LogP contribution is 2.39. The second-order valence-electron chi connectivity index (χ2n) is 5.22. The molecule has 0 fully saturated rings. The van der Waals surface area contributed by atoms with Crippen LogP contribution >= 0.6 is 12.4 Å². The van der Waals surface area contributed by atoms with Gasteiger partial charge >= 0.3 is 0 Å². The van der Waals surface area contributed by atoms with Gasteiger partial charge in [-0.1, -0.05) is 39.0 Å². The van der Waals surface area contributed by atoms with Crippen LogP contribution in [0.15, 0.2) is 18.2 Å². The van der Waals surface area contributed by atoms with E-state index >= 15 is 0 Å². The number of hydrogen-bond donors (Lipinski definition) is 1. The van der Waals surface area contributed by atoms with E-state index in [1.807, 2.05) is 0 Å². The normalized spacial score (nSPS) is 19.4. The highest BCUT2D eigenvalue weighted by atomic mass is 35.5. The van der Waals surface area contributed by atoms with Gasteiger partial charge < -0.3 is 10.5 Å². The van der Waals surface area contributed by atoms with E-state index in [0.717, 1.165) is 24.3 Å². The lowest BCUT2D eigenvalue weighted by molar-refractivity contribution is 0.262. The first-order valence-corrected chi connectivity index (χ1v) is 5.52. The van der Waals surface area contributed by atoms with Crippen LogP contribution in [0.3, 0.4) is 0 Å². The van der Waals surface area contributed by atoms with Crippen LogP contribution in [0.2, 0.25) is 0 Å². The minimum atomic E-state index is 0. The lowest BCUT2D eigenvalue weighted by atomic mass is 9.83. The minimum absolute atomic E-state index is 0. The molecule has 0 saturated heterocycles. The van der Waals surface area contributed by atoms with Gasteiger partial charge in [-0.15, -0.1) is 12.4 Å². The number of para-hydroxylation sites is 1. The number of hydrogen-bond acceptors (Lipinski definition) is 2. The molecule has 1 aliphatic heterocycles. The van der Waals surface area contributed by atoms with E-state index in [1.54, 1.807) is 0 Å². The first-order chi connectivity index (χ1) is 7.00. The summed E-state index contributed by atoms with van der Waals surface area (Å²) in [5.74, 6) is 1.02. The molecule has 1 heterocycles. The molecule has 0 amide bonds. The van der Waals surface area contributed by atoms with Crippen molar-refractivity contribution >= 4 is 12.4 Å². The summed E-state index contributed by atoms with van der Waals surface area (Å²) in [6.45, 7) is 7.34. The van der Waals surface area contributed by atoms with Crippen molar-refractivity contribution in [3.63, 3.8) is 0 Å². The number of rotatable bonds is 0. The number of halogens is 1. The van der Waals surface area contributed by atoms with E-state index in [9.17, 15) is 0 Å². The predicted octanol–water partition coefficient (Wildman–Crippen LogP) is 3.19. The molecule has 0 aliphatic carbocycles. The molecule has 1 aromatic carbocycles. The highest BCUT2D eigenvalue weighted by molar-refractivity contribution is 5.85. The topological polar surface area (TPSA) is 35.2 Å². The zero-order valence-corrected chi connectivity index (χ0v) is 10.9. The van der Waals surface area contributed by atoms with Crippen molar-refractivity contribution in [2.24, 2.45) is 5.73 Å². The Bertz CT molecular complexity index is 371. The van der Waals surface area contributed by atoms with Gasteiger partial charge in [0.2, 0.25) is 0 Å². The first-order valence-electron chi connectivity index (χ1n) is 5.52. The van der Waals surface area contributed by atoms with Crippen molar-refractivity contribution in [2.45, 2.75) is 38.6 Å². The van der Waals surface area contributed by atoms with E-state index in [1.165, 1.54) is 5.56 Å². The number of ether oxygens (including phenoxy) is 1. The molecule has 1 atom stereocenters. The van der Waals surface area contributed by atoms with E-state index in [4.69, 9.17) is 10.5 Å². The highest BCUT2D eigenvalue weighted by Gasteiger charge is 2.25. The summed E-state index contributed by atoms with van der Waals surface area (Å²) in [5, 5.41) is 0. The van der Waals surface area contributed by atoms with Crippen LogP contribution in [-0.4, -0.2) is 6.61 Å². The molecule has 0 spiro atoms. The van der Waals surface area contributed by atoms with Gasteiger partial charge in [0.05, 0.1) is 6.61 Å². The molecule has 0 aromatic heterocycles. The Morgan fingerprint density at radius 1 is 1.31 bits per heavy atom. The second-order valence-corrected chi connectivity index (χ2v) is 5.22. The van der Waals surface area contributed by atoms with Gasteiger partial charge in [0, 0.05) is 18.0 Å². The quantitative estimate of drug-likeness (QED) is 0.757. The van der Waals surface area contributed by atoms with Crippen LogP contribution in [0.5, 0.6) is 5.75 Å². The zero-order valence-electron chi connectivity index (χ0n) is 10.1. The molecule has 2 rings (SSSR count). The summed E-state index contributed by atoms with van der Waals surface area (Å²) in [6.07, 6.45) is 0.917. The summed E-state index contributed by atoms with van der Waals surface area (Å²) >= 11 is 0. The molecule has 2 nitrogen and oxygen atoms in total. The SMILES string of the molecule is CC(C)(C)c1cccc2c1OCCC2N.Cl. The predicted molar refractivity (Wildman–Crippen MR) is 69.4 cm³/mol. The maximum absolute atomic E-state index is 6.08. The fourth-order valence-electron chi connectivity index (χ4n) is 2.04. The molecule has 2 N–H and O–H groups in total. The summed E-state index contributed by atoms with van der Waals surface area (Å²) in [6, 6.07) is 6.43. The molecule has 1 unspecified atom stereocenters. The Balaban J connectivity index is 0.00000128. The van der Waals surface area contributed by atoms with Crippen LogP contribution < -0.4 is 10.5 Å². The van der Waals surface area contributed by atoms with Crippen molar-refractivity contribution in [3.05, 3.63) is 29.3 Å². The standard InChI is InChI=1S/C13H19NO.ClH/c1-13(2,3)10-6-4-5-9-11(14)7-8-15-12(9)10;/h4-6,11H,7-8,14H2,1-3H3;1H. The molecule has 0 bridgehead atoms. The van der Waals surface area contributed by atoms with E-state index in [2.05, 4.69) is 39.0 Å². The fraction of sp³-hybridized carbons (Fsp3) is 0.538. The van der Waals surface area contributed by atoms with Crippen molar-refractivity contribution in [1.29, 1.82) is 0 Å². The molecule has 16 heavy (non-hydrogen) atoms. The molecule has 1 aliphatic rings. The third kappa shape index (κ3) is 2.33. The molecule has 0 saturated carbocycles. The Kier molecular flexibility index (Phi) is 3.87. The number of fused-ring (bicyclic) bond motifs is 1. The fourth-order valence-corrected chi connectivity index (χ4v) is 2.04. The number of nitrogens with two attached hydrogens (primary N) is 1. The van der Waals surface area contributed by atoms with Crippen LogP contribution in [-0.2, 0) is 5.41 Å². The molecule has 0 radical (unpaired) electrons. The monoisotopic (exact) mass is 241 g/mol. The van der Waals surface area contributed by atoms with E-state index in [0.29, 0.717) is 0 Å². The average Bonchev–Trinajstić information content (AvgIpc) is 2.16. The van der Waals surface area contributed by atoms with Gasteiger partial charge in [0.25, 0.3) is 0 Å². The summed E-state index contributed by atoms with van der Waals surface area (Å²) in [7, 11) is 0. The second kappa shape index (κ2) is 4.64. The maximum atomic E-state index is 6.08. The molecular formula is C13H20ClNO. The lowest BCUT2D eigenvalue weighted by Crippen LogP contribution is -2.24. The van der Waals surface area contributed by atoms with Crippen molar-refractivity contribution < 1.29 is 4.74 Å². The van der Waals surface area contributed by atoms with Crippen molar-refractivity contribution in [2.75, 3.05) is 6.61 Å². The van der Waals surface area contributed by atoms with Crippen LogP contribution in [0, 0.1) is 0 Å². The Hall–Kier alpha value is -0.730. The van der Waals surface area contributed by atoms with Gasteiger partial charge in [0.1, 0.15) is 5.75 Å². The summed E-state index contributed by atoms with van der Waals surface area (Å²) in [5.41, 5.74) is 8.61. The smallest absolute Gasteiger partial charge is 0.127 e. The Morgan fingerprint density at radius 2 is 2.00 bits per heavy atom. The third-order valence-electron chi connectivity index (χ3n) is 2.93. The Labute approximate surface area is 104 Å². The summed E-state index contributed by atoms with van der Waals surface area (Å²) < 4.78 is 5.77. The van der Waals surface area contributed by atoms with Crippen molar-refractivity contribution in [1.82, 2.24) is 0 Å². The minimum Gasteiger partial charge on any atom is -0.493 e. The molecule has 90 valence electrons. The van der Waals surface area contributed by atoms with Gasteiger partial charge in [-0.2, -0.15) is 0 Å². The summed E-state index contributed by atoms with van der Waals surface area (Å²) in [4.78, 5) is 0. The molecular weight excluding hydrogens is 222 g/mol. The maximum Gasteiger partial charge on any atom is 0.127 e. The van der Waals surface area contributed by atoms with Crippen LogP contribution in [0.4, 0.5) is 0 Å². The van der Waals surface area contributed by atoms with Crippen molar-refractivity contribution in [3.8, 4) is 5.75 Å². The lowest BCUT2D eigenvalue weighted by Gasteiger charge is -2.29. The van der Waals surface area contributed by atoms with Crippen LogP contribution in [0.25, 0.3) is 0 Å². The Morgan fingerprint density at radius 3 is 2.62 bits per heavy atom. The van der Waals surface area contributed by atoms with Gasteiger partial charge in [0.15, 0.2) is 0 Å². The van der Waals surface area contributed by atoms with E-state index in [-0.39, 0.29) is 23.9 Å². The molecule has 3 heteroatoms. The van der Waals surface area contributed by atoms with Crippen LogP contribution in [0.1, 0.15) is 44.4 Å². The van der Waals surface area contributed by atoms with Gasteiger partial charge in [-0.05, 0) is 11.0 Å². The number of benzene rings is 1. The van der Waals surface area contributed by atoms with Gasteiger partial charge in [-0.3, -0.25) is 0 Å². The first kappa shape index (κ1) is 13.3. The average molecular weight is 242 g/mol. The third-order valence-corrected chi connectivity index (χ3v) is 2.93. The zero-order chi connectivity index (χ0) is 11.1.